The molecule has 0 aromatic heterocycles. The lowest BCUT2D eigenvalue weighted by Crippen LogP contribution is -2.14. The molecule has 7 heteroatoms. The Kier molecular flexibility index (Phi) is 10.4. The molecule has 0 radical (unpaired) electrons. The molecule has 0 atom stereocenters. The molecular formula is C31H31ClN2O4. The first-order valence-electron chi connectivity index (χ1n) is 12.3. The van der Waals surface area contributed by atoms with E-state index in [-0.39, 0.29) is 11.7 Å². The minimum atomic E-state index is -0.527. The van der Waals surface area contributed by atoms with Crippen LogP contribution >= 0.6 is 11.6 Å². The number of carbonyl (C=O) groups excluding carboxylic acids is 1. The minimum absolute atomic E-state index is 0.00189. The number of hydrogen-bond acceptors (Lipinski definition) is 5. The Labute approximate surface area is 229 Å². The predicted octanol–water partition coefficient (Wildman–Crippen LogP) is 7.38. The van der Waals surface area contributed by atoms with E-state index in [1.54, 1.807) is 30.3 Å². The van der Waals surface area contributed by atoms with E-state index < -0.39 is 5.91 Å². The average molecular weight is 531 g/mol. The largest absolute Gasteiger partial charge is 0.491 e. The molecule has 1 amide bonds. The quantitative estimate of drug-likeness (QED) is 0.150. The molecule has 196 valence electrons. The monoisotopic (exact) mass is 530 g/mol. The van der Waals surface area contributed by atoms with Gasteiger partial charge in [-0.15, -0.1) is 6.58 Å². The second-order valence-corrected chi connectivity index (χ2v) is 9.10. The van der Waals surface area contributed by atoms with Gasteiger partial charge < -0.3 is 19.5 Å². The fraction of sp³-hybridized carbons (Fsp3) is 0.226. The first kappa shape index (κ1) is 28.4. The lowest BCUT2D eigenvalue weighted by atomic mass is 10.0. The number of allylic oxidation sites excluding steroid dienone is 1. The van der Waals surface area contributed by atoms with E-state index in [1.807, 2.05) is 63.2 Å². The Morgan fingerprint density at radius 2 is 1.89 bits per heavy atom. The van der Waals surface area contributed by atoms with Crippen LogP contribution in [0, 0.1) is 11.3 Å². The zero-order valence-corrected chi connectivity index (χ0v) is 22.5. The van der Waals surface area contributed by atoms with Crippen LogP contribution < -0.4 is 19.5 Å². The van der Waals surface area contributed by atoms with Crippen molar-refractivity contribution >= 4 is 29.3 Å². The molecule has 1 N–H and O–H groups in total. The Bertz CT molecular complexity index is 1340. The minimum Gasteiger partial charge on any atom is -0.491 e. The van der Waals surface area contributed by atoms with E-state index >= 15 is 0 Å². The highest BCUT2D eigenvalue weighted by molar-refractivity contribution is 6.30. The van der Waals surface area contributed by atoms with Gasteiger partial charge in [0.1, 0.15) is 24.0 Å². The topological polar surface area (TPSA) is 80.6 Å². The molecule has 3 aromatic rings. The van der Waals surface area contributed by atoms with Gasteiger partial charge in [-0.2, -0.15) is 5.26 Å². The molecule has 0 spiro atoms. The number of rotatable bonds is 12. The molecule has 6 nitrogen and oxygen atoms in total. The molecule has 0 unspecified atom stereocenters. The highest BCUT2D eigenvalue weighted by Gasteiger charge is 2.16. The van der Waals surface area contributed by atoms with Crippen LogP contribution in [0.1, 0.15) is 37.5 Å². The first-order chi connectivity index (χ1) is 18.3. The zero-order valence-electron chi connectivity index (χ0n) is 21.8. The lowest BCUT2D eigenvalue weighted by Gasteiger charge is -2.17. The highest BCUT2D eigenvalue weighted by atomic mass is 35.5. The van der Waals surface area contributed by atoms with Gasteiger partial charge in [0.05, 0.1) is 12.7 Å². The van der Waals surface area contributed by atoms with Crippen LogP contribution in [0.4, 0.5) is 5.69 Å². The van der Waals surface area contributed by atoms with Gasteiger partial charge in [0.15, 0.2) is 11.5 Å². The number of benzene rings is 3. The molecule has 0 aliphatic carbocycles. The number of nitrogens with one attached hydrogen (secondary N) is 1. The fourth-order valence-corrected chi connectivity index (χ4v) is 3.80. The SMILES string of the molecule is C=CCc1cc(/C=C(/C#N)C(=O)Nc2cccc(OC(C)C)c2)cc(OCC)c1OCc1ccc(Cl)cc1. The van der Waals surface area contributed by atoms with Gasteiger partial charge in [0.25, 0.3) is 5.91 Å². The summed E-state index contributed by atoms with van der Waals surface area (Å²) in [5.74, 6) is 1.21. The van der Waals surface area contributed by atoms with Gasteiger partial charge in [-0.05, 0) is 80.8 Å². The summed E-state index contributed by atoms with van der Waals surface area (Å²) >= 11 is 5.99. The standard InChI is InChI=1S/C31H31ClN2O4/c1-5-8-24-15-23(17-29(36-6-2)30(24)37-20-22-11-13-26(32)14-12-22)16-25(19-33)31(35)34-27-9-7-10-28(18-27)38-21(3)4/h5,7,9-18,21H,1,6,8,20H2,2-4H3,(H,34,35)/b25-16-. The molecule has 0 saturated heterocycles. The van der Waals surface area contributed by atoms with E-state index in [9.17, 15) is 10.1 Å². The molecule has 0 fully saturated rings. The molecular weight excluding hydrogens is 500 g/mol. The molecule has 3 rings (SSSR count). The number of nitriles is 1. The maximum absolute atomic E-state index is 12.9. The van der Waals surface area contributed by atoms with Crippen LogP contribution in [0.15, 0.2) is 78.9 Å². The van der Waals surface area contributed by atoms with Gasteiger partial charge in [-0.1, -0.05) is 35.9 Å². The highest BCUT2D eigenvalue weighted by Crippen LogP contribution is 2.35. The van der Waals surface area contributed by atoms with Crippen molar-refractivity contribution in [1.82, 2.24) is 0 Å². The van der Waals surface area contributed by atoms with E-state index in [4.69, 9.17) is 25.8 Å². The van der Waals surface area contributed by atoms with Crippen molar-refractivity contribution in [2.24, 2.45) is 0 Å². The summed E-state index contributed by atoms with van der Waals surface area (Å²) in [5, 5.41) is 13.2. The van der Waals surface area contributed by atoms with Gasteiger partial charge in [0, 0.05) is 22.3 Å². The Balaban J connectivity index is 1.89. The second kappa shape index (κ2) is 13.9. The number of nitrogens with zero attached hydrogens (tertiary/aromatic N) is 1. The molecule has 0 aliphatic rings. The maximum atomic E-state index is 12.9. The van der Waals surface area contributed by atoms with Crippen LogP contribution in [-0.2, 0) is 17.8 Å². The van der Waals surface area contributed by atoms with Gasteiger partial charge >= 0.3 is 0 Å². The van der Waals surface area contributed by atoms with E-state index in [0.717, 1.165) is 11.1 Å². The molecule has 0 heterocycles. The summed E-state index contributed by atoms with van der Waals surface area (Å²) in [5.41, 5.74) is 2.89. The van der Waals surface area contributed by atoms with Crippen molar-refractivity contribution in [3.8, 4) is 23.3 Å². The summed E-state index contributed by atoms with van der Waals surface area (Å²) in [6.07, 6.45) is 3.80. The molecule has 0 saturated carbocycles. The second-order valence-electron chi connectivity index (χ2n) is 8.67. The number of anilines is 1. The summed E-state index contributed by atoms with van der Waals surface area (Å²) in [6, 6.07) is 20.1. The van der Waals surface area contributed by atoms with Crippen LogP contribution in [0.3, 0.4) is 0 Å². The number of amides is 1. The van der Waals surface area contributed by atoms with Crippen molar-refractivity contribution in [3.63, 3.8) is 0 Å². The maximum Gasteiger partial charge on any atom is 0.266 e. The van der Waals surface area contributed by atoms with Crippen molar-refractivity contribution in [2.45, 2.75) is 39.9 Å². The first-order valence-corrected chi connectivity index (χ1v) is 12.7. The molecule has 38 heavy (non-hydrogen) atoms. The Morgan fingerprint density at radius 3 is 2.55 bits per heavy atom. The smallest absolute Gasteiger partial charge is 0.266 e. The number of ether oxygens (including phenoxy) is 3. The Hall–Kier alpha value is -4.21. The normalized spacial score (nSPS) is 11.0. The Morgan fingerprint density at radius 1 is 1.13 bits per heavy atom. The number of carbonyl (C=O) groups is 1. The third-order valence-corrected chi connectivity index (χ3v) is 5.51. The van der Waals surface area contributed by atoms with Gasteiger partial charge in [-0.3, -0.25) is 4.79 Å². The van der Waals surface area contributed by atoms with Crippen molar-refractivity contribution in [2.75, 3.05) is 11.9 Å². The summed E-state index contributed by atoms with van der Waals surface area (Å²) in [4.78, 5) is 12.9. The average Bonchev–Trinajstić information content (AvgIpc) is 2.88. The zero-order chi connectivity index (χ0) is 27.5. The fourth-order valence-electron chi connectivity index (χ4n) is 3.67. The van der Waals surface area contributed by atoms with E-state index in [1.165, 1.54) is 6.08 Å². The number of halogens is 1. The van der Waals surface area contributed by atoms with Crippen LogP contribution in [0.5, 0.6) is 17.2 Å². The van der Waals surface area contributed by atoms with Crippen LogP contribution in [-0.4, -0.2) is 18.6 Å². The summed E-state index contributed by atoms with van der Waals surface area (Å²) in [7, 11) is 0. The van der Waals surface area contributed by atoms with Crippen molar-refractivity contribution in [1.29, 1.82) is 5.26 Å². The molecule has 0 bridgehead atoms. The van der Waals surface area contributed by atoms with Crippen LogP contribution in [0.25, 0.3) is 6.08 Å². The predicted molar refractivity (Wildman–Crippen MR) is 152 cm³/mol. The van der Waals surface area contributed by atoms with Crippen LogP contribution in [0.2, 0.25) is 5.02 Å². The van der Waals surface area contributed by atoms with Gasteiger partial charge in [0.2, 0.25) is 0 Å². The third kappa shape index (κ3) is 8.16. The lowest BCUT2D eigenvalue weighted by molar-refractivity contribution is -0.112. The summed E-state index contributed by atoms with van der Waals surface area (Å²) < 4.78 is 17.7. The van der Waals surface area contributed by atoms with Crippen molar-refractivity contribution in [3.05, 3.63) is 101 Å². The van der Waals surface area contributed by atoms with E-state index in [0.29, 0.717) is 53.2 Å². The molecule has 0 aliphatic heterocycles. The third-order valence-electron chi connectivity index (χ3n) is 5.25. The summed E-state index contributed by atoms with van der Waals surface area (Å²) in [6.45, 7) is 10.3. The van der Waals surface area contributed by atoms with Crippen molar-refractivity contribution < 1.29 is 19.0 Å². The number of hydrogen-bond donors (Lipinski definition) is 1. The van der Waals surface area contributed by atoms with E-state index in [2.05, 4.69) is 11.9 Å². The molecule has 3 aromatic carbocycles. The van der Waals surface area contributed by atoms with Gasteiger partial charge in [-0.25, -0.2) is 0 Å².